The lowest BCUT2D eigenvalue weighted by Gasteiger charge is -2.11. The molecule has 0 saturated carbocycles. The van der Waals surface area contributed by atoms with Crippen LogP contribution in [0.1, 0.15) is 5.56 Å². The molecule has 112 valence electrons. The largest absolute Gasteiger partial charge is 0.326 e. The third-order valence-corrected chi connectivity index (χ3v) is 4.27. The summed E-state index contributed by atoms with van der Waals surface area (Å²) in [7, 11) is -4.30. The van der Waals surface area contributed by atoms with Crippen molar-refractivity contribution in [2.75, 3.05) is 4.72 Å². The van der Waals surface area contributed by atoms with Crippen LogP contribution in [0.3, 0.4) is 0 Å². The van der Waals surface area contributed by atoms with Crippen LogP contribution in [-0.4, -0.2) is 8.42 Å². The average molecular weight is 333 g/mol. The molecule has 0 amide bonds. The zero-order valence-electron chi connectivity index (χ0n) is 10.6. The maximum Gasteiger partial charge on any atom is 0.264 e. The fourth-order valence-corrected chi connectivity index (χ4v) is 3.07. The summed E-state index contributed by atoms with van der Waals surface area (Å²) >= 11 is 5.74. The molecule has 0 aromatic heterocycles. The molecule has 0 aliphatic rings. The number of hydrogen-bond acceptors (Lipinski definition) is 3. The van der Waals surface area contributed by atoms with Crippen LogP contribution >= 0.6 is 11.6 Å². The Morgan fingerprint density at radius 2 is 1.90 bits per heavy atom. The van der Waals surface area contributed by atoms with Crippen molar-refractivity contribution in [2.24, 2.45) is 5.73 Å². The summed E-state index contributed by atoms with van der Waals surface area (Å²) in [6.45, 7) is -0.114. The molecule has 0 aliphatic heterocycles. The molecule has 0 saturated heterocycles. The predicted molar refractivity (Wildman–Crippen MR) is 76.5 cm³/mol. The van der Waals surface area contributed by atoms with Gasteiger partial charge in [-0.2, -0.15) is 0 Å². The number of nitrogens with two attached hydrogens (primary N) is 1. The summed E-state index contributed by atoms with van der Waals surface area (Å²) in [6, 6.07) is 7.70. The van der Waals surface area contributed by atoms with E-state index >= 15 is 0 Å². The Kier molecular flexibility index (Phi) is 4.46. The number of halogens is 3. The Hall–Kier alpha value is -1.70. The average Bonchev–Trinajstić information content (AvgIpc) is 2.41. The SMILES string of the molecule is NCc1cc(F)c(F)c(S(=O)(=O)Nc2cccc(Cl)c2)c1. The van der Waals surface area contributed by atoms with E-state index in [2.05, 4.69) is 4.72 Å². The van der Waals surface area contributed by atoms with E-state index in [1.165, 1.54) is 18.2 Å². The number of benzene rings is 2. The van der Waals surface area contributed by atoms with Crippen molar-refractivity contribution in [2.45, 2.75) is 11.4 Å². The van der Waals surface area contributed by atoms with Crippen LogP contribution in [0.2, 0.25) is 5.02 Å². The predicted octanol–water partition coefficient (Wildman–Crippen LogP) is 2.88. The zero-order valence-corrected chi connectivity index (χ0v) is 12.2. The second kappa shape index (κ2) is 5.97. The lowest BCUT2D eigenvalue weighted by Crippen LogP contribution is -2.16. The van der Waals surface area contributed by atoms with Crippen LogP contribution in [0.25, 0.3) is 0 Å². The molecule has 0 radical (unpaired) electrons. The molecule has 4 nitrogen and oxygen atoms in total. The highest BCUT2D eigenvalue weighted by Crippen LogP contribution is 2.23. The highest BCUT2D eigenvalue weighted by atomic mass is 35.5. The van der Waals surface area contributed by atoms with Crippen LogP contribution in [0, 0.1) is 11.6 Å². The normalized spacial score (nSPS) is 11.4. The Morgan fingerprint density at radius 3 is 2.52 bits per heavy atom. The minimum absolute atomic E-state index is 0.114. The van der Waals surface area contributed by atoms with E-state index in [9.17, 15) is 17.2 Å². The number of hydrogen-bond donors (Lipinski definition) is 2. The lowest BCUT2D eigenvalue weighted by molar-refractivity contribution is 0.483. The van der Waals surface area contributed by atoms with E-state index in [-0.39, 0.29) is 17.8 Å². The van der Waals surface area contributed by atoms with E-state index in [0.717, 1.165) is 12.1 Å². The molecular formula is C13H11ClF2N2O2S. The van der Waals surface area contributed by atoms with Crippen molar-refractivity contribution in [3.63, 3.8) is 0 Å². The van der Waals surface area contributed by atoms with Gasteiger partial charge < -0.3 is 5.73 Å². The summed E-state index contributed by atoms with van der Waals surface area (Å²) in [4.78, 5) is -0.803. The van der Waals surface area contributed by atoms with Gasteiger partial charge in [-0.3, -0.25) is 4.72 Å². The van der Waals surface area contributed by atoms with Crippen molar-refractivity contribution in [3.05, 3.63) is 58.6 Å². The van der Waals surface area contributed by atoms with Gasteiger partial charge >= 0.3 is 0 Å². The number of sulfonamides is 1. The van der Waals surface area contributed by atoms with Crippen molar-refractivity contribution < 1.29 is 17.2 Å². The van der Waals surface area contributed by atoms with Gasteiger partial charge in [0.25, 0.3) is 10.0 Å². The number of anilines is 1. The van der Waals surface area contributed by atoms with Gasteiger partial charge in [-0.25, -0.2) is 17.2 Å². The molecule has 2 aromatic rings. The molecule has 0 heterocycles. The van der Waals surface area contributed by atoms with Gasteiger partial charge in [-0.1, -0.05) is 17.7 Å². The number of rotatable bonds is 4. The first-order valence-corrected chi connectivity index (χ1v) is 7.66. The van der Waals surface area contributed by atoms with Gasteiger partial charge in [0, 0.05) is 11.6 Å². The van der Waals surface area contributed by atoms with Crippen LogP contribution in [-0.2, 0) is 16.6 Å². The Bertz CT molecular complexity index is 782. The zero-order chi connectivity index (χ0) is 15.6. The van der Waals surface area contributed by atoms with E-state index in [0.29, 0.717) is 5.02 Å². The highest BCUT2D eigenvalue weighted by Gasteiger charge is 2.23. The van der Waals surface area contributed by atoms with E-state index in [4.69, 9.17) is 17.3 Å². The first kappa shape index (κ1) is 15.7. The van der Waals surface area contributed by atoms with E-state index in [1.807, 2.05) is 0 Å². The second-order valence-electron chi connectivity index (χ2n) is 4.21. The topological polar surface area (TPSA) is 72.2 Å². The maximum absolute atomic E-state index is 13.7. The summed E-state index contributed by atoms with van der Waals surface area (Å²) in [5, 5.41) is 0.303. The fourth-order valence-electron chi connectivity index (χ4n) is 1.69. The molecule has 2 rings (SSSR count). The molecule has 8 heteroatoms. The molecular weight excluding hydrogens is 322 g/mol. The van der Waals surface area contributed by atoms with Crippen LogP contribution in [0.15, 0.2) is 41.3 Å². The van der Waals surface area contributed by atoms with Crippen LogP contribution in [0.4, 0.5) is 14.5 Å². The molecule has 0 aliphatic carbocycles. The third-order valence-electron chi connectivity index (χ3n) is 2.66. The highest BCUT2D eigenvalue weighted by molar-refractivity contribution is 7.92. The monoisotopic (exact) mass is 332 g/mol. The van der Waals surface area contributed by atoms with Crippen molar-refractivity contribution in [3.8, 4) is 0 Å². The first-order valence-electron chi connectivity index (χ1n) is 5.80. The third kappa shape index (κ3) is 3.49. The molecule has 0 unspecified atom stereocenters. The minimum Gasteiger partial charge on any atom is -0.326 e. The quantitative estimate of drug-likeness (QED) is 0.904. The van der Waals surface area contributed by atoms with Gasteiger partial charge in [0.2, 0.25) is 0 Å². The van der Waals surface area contributed by atoms with E-state index < -0.39 is 26.6 Å². The lowest BCUT2D eigenvalue weighted by atomic mass is 10.2. The molecule has 21 heavy (non-hydrogen) atoms. The maximum atomic E-state index is 13.7. The van der Waals surface area contributed by atoms with Crippen molar-refractivity contribution in [1.29, 1.82) is 0 Å². The Morgan fingerprint density at radius 1 is 1.19 bits per heavy atom. The van der Waals surface area contributed by atoms with Gasteiger partial charge in [0.1, 0.15) is 4.90 Å². The van der Waals surface area contributed by atoms with Gasteiger partial charge in [0.05, 0.1) is 5.69 Å². The molecule has 3 N–H and O–H groups in total. The number of nitrogens with one attached hydrogen (secondary N) is 1. The van der Waals surface area contributed by atoms with Crippen LogP contribution < -0.4 is 10.5 Å². The summed E-state index contributed by atoms with van der Waals surface area (Å²) < 4.78 is 53.6. The van der Waals surface area contributed by atoms with Crippen LogP contribution in [0.5, 0.6) is 0 Å². The fraction of sp³-hybridized carbons (Fsp3) is 0.0769. The molecule has 2 aromatic carbocycles. The van der Waals surface area contributed by atoms with Gasteiger partial charge in [0.15, 0.2) is 11.6 Å². The Labute approximate surface area is 125 Å². The minimum atomic E-state index is -4.30. The summed E-state index contributed by atoms with van der Waals surface area (Å²) in [6.07, 6.45) is 0. The molecule has 0 fully saturated rings. The summed E-state index contributed by atoms with van der Waals surface area (Å²) in [5.74, 6) is -2.73. The van der Waals surface area contributed by atoms with E-state index in [1.54, 1.807) is 6.07 Å². The van der Waals surface area contributed by atoms with Gasteiger partial charge in [-0.15, -0.1) is 0 Å². The second-order valence-corrected chi connectivity index (χ2v) is 6.30. The Balaban J connectivity index is 2.47. The molecule has 0 atom stereocenters. The first-order chi connectivity index (χ1) is 9.83. The molecule has 0 bridgehead atoms. The van der Waals surface area contributed by atoms with Gasteiger partial charge in [-0.05, 0) is 35.9 Å². The standard InChI is InChI=1S/C13H11ClF2N2O2S/c14-9-2-1-3-10(6-9)18-21(19,20)12-5-8(7-17)4-11(15)13(12)16/h1-6,18H,7,17H2. The smallest absolute Gasteiger partial charge is 0.264 e. The van der Waals surface area contributed by atoms with Crippen molar-refractivity contribution in [1.82, 2.24) is 0 Å². The molecule has 0 spiro atoms. The van der Waals surface area contributed by atoms with Crippen molar-refractivity contribution >= 4 is 27.3 Å². The summed E-state index contributed by atoms with van der Waals surface area (Å²) in [5.41, 5.74) is 5.64.